The fourth-order valence-electron chi connectivity index (χ4n) is 3.50. The van der Waals surface area contributed by atoms with Crippen molar-refractivity contribution in [1.82, 2.24) is 20.4 Å². The van der Waals surface area contributed by atoms with Crippen LogP contribution in [0.3, 0.4) is 0 Å². The minimum atomic E-state index is -0.0352. The highest BCUT2D eigenvalue weighted by Gasteiger charge is 2.21. The van der Waals surface area contributed by atoms with E-state index in [1.54, 1.807) is 0 Å². The van der Waals surface area contributed by atoms with Crippen LogP contribution < -0.4 is 10.6 Å². The molecule has 0 unspecified atom stereocenters. The third-order valence-electron chi connectivity index (χ3n) is 5.07. The Morgan fingerprint density at radius 3 is 2.41 bits per heavy atom. The number of nitrogens with one attached hydrogen (secondary N) is 2. The molecule has 0 aliphatic carbocycles. The Bertz CT molecular complexity index is 610. The van der Waals surface area contributed by atoms with Gasteiger partial charge in [-0.1, -0.05) is 30.3 Å². The number of hydrogen-bond donors (Lipinski definition) is 4. The molecule has 29 heavy (non-hydrogen) atoms. The topological polar surface area (TPSA) is 64.7 Å². The van der Waals surface area contributed by atoms with Crippen LogP contribution in [0.2, 0.25) is 0 Å². The molecular formula is C21H34N4O2S2. The van der Waals surface area contributed by atoms with E-state index in [1.165, 1.54) is 5.56 Å². The summed E-state index contributed by atoms with van der Waals surface area (Å²) in [6, 6.07) is 10.7. The SMILES string of the molecule is O=C(CN(CCS)CCC(=O)NC1CCN(Cc2ccccc2)CC1)NCCS. The van der Waals surface area contributed by atoms with Gasteiger partial charge < -0.3 is 10.6 Å². The zero-order valence-electron chi connectivity index (χ0n) is 17.1. The summed E-state index contributed by atoms with van der Waals surface area (Å²) in [5.41, 5.74) is 1.33. The summed E-state index contributed by atoms with van der Waals surface area (Å²) in [6.07, 6.45) is 2.36. The third kappa shape index (κ3) is 9.89. The Hall–Kier alpha value is -1.22. The second-order valence-electron chi connectivity index (χ2n) is 7.43. The molecule has 0 bridgehead atoms. The molecule has 1 aromatic carbocycles. The van der Waals surface area contributed by atoms with E-state index in [9.17, 15) is 9.59 Å². The number of hydrogen-bond acceptors (Lipinski definition) is 6. The maximum atomic E-state index is 12.4. The third-order valence-corrected chi connectivity index (χ3v) is 5.50. The highest BCUT2D eigenvalue weighted by molar-refractivity contribution is 7.80. The zero-order valence-corrected chi connectivity index (χ0v) is 18.8. The summed E-state index contributed by atoms with van der Waals surface area (Å²) in [5.74, 6) is 1.30. The van der Waals surface area contributed by atoms with Crippen molar-refractivity contribution in [2.75, 3.05) is 50.8 Å². The fraction of sp³-hybridized carbons (Fsp3) is 0.619. The van der Waals surface area contributed by atoms with E-state index in [1.807, 2.05) is 11.0 Å². The van der Waals surface area contributed by atoms with Crippen molar-refractivity contribution in [3.63, 3.8) is 0 Å². The molecule has 2 rings (SSSR count). The lowest BCUT2D eigenvalue weighted by Crippen LogP contribution is -2.45. The standard InChI is InChI=1S/C21H34N4O2S2/c26-20(8-12-25(13-15-29)17-21(27)22-9-14-28)23-19-6-10-24(11-7-19)16-18-4-2-1-3-5-18/h1-5,19,28-29H,6-17H2,(H,22,27)(H,23,26). The molecule has 0 radical (unpaired) electrons. The van der Waals surface area contributed by atoms with Gasteiger partial charge in [0.25, 0.3) is 0 Å². The lowest BCUT2D eigenvalue weighted by atomic mass is 10.0. The lowest BCUT2D eigenvalue weighted by molar-refractivity contribution is -0.124. The van der Waals surface area contributed by atoms with Crippen LogP contribution in [0.15, 0.2) is 30.3 Å². The molecule has 1 heterocycles. The van der Waals surface area contributed by atoms with Gasteiger partial charge >= 0.3 is 0 Å². The number of carbonyl (C=O) groups excluding carboxylic acids is 2. The molecule has 1 aliphatic rings. The van der Waals surface area contributed by atoms with Crippen LogP contribution in [0.4, 0.5) is 0 Å². The average Bonchev–Trinajstić information content (AvgIpc) is 2.73. The van der Waals surface area contributed by atoms with Crippen molar-refractivity contribution in [1.29, 1.82) is 0 Å². The minimum absolute atomic E-state index is 0.0352. The molecule has 2 amide bonds. The molecule has 0 atom stereocenters. The first-order valence-corrected chi connectivity index (χ1v) is 11.6. The molecule has 8 heteroatoms. The molecule has 1 aliphatic heterocycles. The molecular weight excluding hydrogens is 404 g/mol. The van der Waals surface area contributed by atoms with Crippen LogP contribution >= 0.6 is 25.3 Å². The monoisotopic (exact) mass is 438 g/mol. The van der Waals surface area contributed by atoms with E-state index in [4.69, 9.17) is 0 Å². The minimum Gasteiger partial charge on any atom is -0.354 e. The van der Waals surface area contributed by atoms with Gasteiger partial charge in [-0.15, -0.1) is 0 Å². The summed E-state index contributed by atoms with van der Waals surface area (Å²) >= 11 is 8.35. The number of piperidine rings is 1. The summed E-state index contributed by atoms with van der Waals surface area (Å²) in [7, 11) is 0. The van der Waals surface area contributed by atoms with E-state index >= 15 is 0 Å². The second kappa shape index (κ2) is 13.9. The Morgan fingerprint density at radius 2 is 1.76 bits per heavy atom. The van der Waals surface area contributed by atoms with Crippen LogP contribution in [0.25, 0.3) is 0 Å². The lowest BCUT2D eigenvalue weighted by Gasteiger charge is -2.32. The summed E-state index contributed by atoms with van der Waals surface area (Å²) in [4.78, 5) is 28.7. The van der Waals surface area contributed by atoms with Crippen molar-refractivity contribution >= 4 is 37.1 Å². The predicted molar refractivity (Wildman–Crippen MR) is 125 cm³/mol. The van der Waals surface area contributed by atoms with Crippen molar-refractivity contribution < 1.29 is 9.59 Å². The van der Waals surface area contributed by atoms with Gasteiger partial charge in [0.05, 0.1) is 6.54 Å². The molecule has 1 aromatic rings. The molecule has 0 aromatic heterocycles. The van der Waals surface area contributed by atoms with E-state index in [-0.39, 0.29) is 17.9 Å². The van der Waals surface area contributed by atoms with Crippen molar-refractivity contribution in [2.24, 2.45) is 0 Å². The first-order valence-electron chi connectivity index (χ1n) is 10.4. The van der Waals surface area contributed by atoms with Gasteiger partial charge in [0.1, 0.15) is 0 Å². The molecule has 0 spiro atoms. The smallest absolute Gasteiger partial charge is 0.234 e. The highest BCUT2D eigenvalue weighted by Crippen LogP contribution is 2.14. The van der Waals surface area contributed by atoms with Crippen LogP contribution in [0.5, 0.6) is 0 Å². The van der Waals surface area contributed by atoms with E-state index < -0.39 is 0 Å². The molecule has 162 valence electrons. The van der Waals surface area contributed by atoms with E-state index in [0.29, 0.717) is 44.1 Å². The Balaban J connectivity index is 1.65. The first-order chi connectivity index (χ1) is 14.1. The van der Waals surface area contributed by atoms with Crippen LogP contribution in [0.1, 0.15) is 24.8 Å². The van der Waals surface area contributed by atoms with Crippen LogP contribution in [0, 0.1) is 0 Å². The van der Waals surface area contributed by atoms with E-state index in [0.717, 1.165) is 32.5 Å². The Labute approximate surface area is 185 Å². The first kappa shape index (κ1) is 24.1. The van der Waals surface area contributed by atoms with E-state index in [2.05, 4.69) is 65.1 Å². The van der Waals surface area contributed by atoms with Gasteiger partial charge in [-0.25, -0.2) is 0 Å². The Morgan fingerprint density at radius 1 is 1.03 bits per heavy atom. The van der Waals surface area contributed by atoms with Gasteiger partial charge in [0.2, 0.25) is 11.8 Å². The quantitative estimate of drug-likeness (QED) is 0.373. The number of likely N-dealkylation sites (tertiary alicyclic amines) is 1. The number of thiol groups is 2. The van der Waals surface area contributed by atoms with Crippen molar-refractivity contribution in [3.05, 3.63) is 35.9 Å². The fourth-order valence-corrected chi connectivity index (χ4v) is 3.90. The summed E-state index contributed by atoms with van der Waals surface area (Å²) in [6.45, 7) is 5.05. The number of carbonyl (C=O) groups is 2. The molecule has 6 nitrogen and oxygen atoms in total. The zero-order chi connectivity index (χ0) is 20.9. The predicted octanol–water partition coefficient (Wildman–Crippen LogP) is 1.44. The summed E-state index contributed by atoms with van der Waals surface area (Å²) in [5, 5.41) is 5.98. The average molecular weight is 439 g/mol. The largest absolute Gasteiger partial charge is 0.354 e. The number of nitrogens with zero attached hydrogens (tertiary/aromatic N) is 2. The molecule has 1 fully saturated rings. The highest BCUT2D eigenvalue weighted by atomic mass is 32.1. The molecule has 2 N–H and O–H groups in total. The van der Waals surface area contributed by atoms with Gasteiger partial charge in [-0.2, -0.15) is 25.3 Å². The van der Waals surface area contributed by atoms with Crippen molar-refractivity contribution in [3.8, 4) is 0 Å². The maximum absolute atomic E-state index is 12.4. The van der Waals surface area contributed by atoms with Gasteiger partial charge in [0.15, 0.2) is 0 Å². The Kier molecular flexibility index (Phi) is 11.5. The van der Waals surface area contributed by atoms with Crippen LogP contribution in [-0.2, 0) is 16.1 Å². The van der Waals surface area contributed by atoms with Crippen molar-refractivity contribution in [2.45, 2.75) is 31.8 Å². The number of amides is 2. The molecule has 1 saturated heterocycles. The maximum Gasteiger partial charge on any atom is 0.234 e. The second-order valence-corrected chi connectivity index (χ2v) is 8.32. The van der Waals surface area contributed by atoms with Gasteiger partial charge in [-0.05, 0) is 18.4 Å². The summed E-state index contributed by atoms with van der Waals surface area (Å²) < 4.78 is 0. The molecule has 0 saturated carbocycles. The van der Waals surface area contributed by atoms with Crippen LogP contribution in [-0.4, -0.2) is 78.4 Å². The number of benzene rings is 1. The number of rotatable bonds is 12. The van der Waals surface area contributed by atoms with Gasteiger partial charge in [-0.3, -0.25) is 19.4 Å². The normalized spacial score (nSPS) is 15.4. The van der Waals surface area contributed by atoms with Gasteiger partial charge in [0, 0.05) is 63.2 Å².